The van der Waals surface area contributed by atoms with E-state index in [0.29, 0.717) is 41.6 Å². The van der Waals surface area contributed by atoms with Crippen molar-refractivity contribution in [3.8, 4) is 0 Å². The number of hydrogen-bond donors (Lipinski definition) is 0. The Hall–Kier alpha value is -4.84. The quantitative estimate of drug-likeness (QED) is 0.260. The van der Waals surface area contributed by atoms with Gasteiger partial charge in [0.05, 0.1) is 22.3 Å². The van der Waals surface area contributed by atoms with Crippen LogP contribution in [0.25, 0.3) is 0 Å². The first-order valence-electron chi connectivity index (χ1n) is 14.2. The third-order valence-corrected chi connectivity index (χ3v) is 8.67. The fraction of sp³-hybridized carbons (Fsp3) is 0.222. The van der Waals surface area contributed by atoms with Gasteiger partial charge in [-0.05, 0) is 77.4 Å². The van der Waals surface area contributed by atoms with E-state index < -0.39 is 0 Å². The zero-order valence-corrected chi connectivity index (χ0v) is 24.2. The molecule has 0 N–H and O–H groups in total. The van der Waals surface area contributed by atoms with E-state index in [9.17, 15) is 19.2 Å². The van der Waals surface area contributed by atoms with Gasteiger partial charge in [0, 0.05) is 19.0 Å². The van der Waals surface area contributed by atoms with Crippen molar-refractivity contribution in [2.75, 3.05) is 13.6 Å². The van der Waals surface area contributed by atoms with Crippen LogP contribution >= 0.6 is 0 Å². The van der Waals surface area contributed by atoms with Gasteiger partial charge in [0.25, 0.3) is 23.6 Å². The van der Waals surface area contributed by atoms with E-state index in [4.69, 9.17) is 0 Å². The minimum absolute atomic E-state index is 0.214. The van der Waals surface area contributed by atoms with E-state index in [1.54, 1.807) is 12.1 Å². The fourth-order valence-corrected chi connectivity index (χ4v) is 5.97. The monoisotopic (exact) mass is 556 g/mol. The zero-order valence-electron chi connectivity index (χ0n) is 24.2. The Balaban J connectivity index is 1.15. The Labute approximate surface area is 245 Å². The molecule has 2 heterocycles. The van der Waals surface area contributed by atoms with E-state index in [1.165, 1.54) is 23.1 Å². The first-order valence-corrected chi connectivity index (χ1v) is 14.2. The van der Waals surface area contributed by atoms with Crippen molar-refractivity contribution >= 4 is 23.6 Å². The molecule has 4 amide bonds. The molecular weight excluding hydrogens is 524 g/mol. The molecule has 0 atom stereocenters. The number of hydrogen-bond acceptors (Lipinski definition) is 4. The topological polar surface area (TPSA) is 74.8 Å². The molecule has 0 bridgehead atoms. The first kappa shape index (κ1) is 27.3. The maximum absolute atomic E-state index is 12.6. The lowest BCUT2D eigenvalue weighted by atomic mass is 9.77. The lowest BCUT2D eigenvalue weighted by molar-refractivity contribution is 0.0656. The van der Waals surface area contributed by atoms with Gasteiger partial charge in [-0.3, -0.25) is 29.0 Å². The fourth-order valence-electron chi connectivity index (χ4n) is 5.97. The molecule has 0 aliphatic carbocycles. The van der Waals surface area contributed by atoms with Crippen molar-refractivity contribution in [2.45, 2.75) is 39.0 Å². The van der Waals surface area contributed by atoms with Crippen LogP contribution in [0.15, 0.2) is 84.9 Å². The predicted molar refractivity (Wildman–Crippen MR) is 161 cm³/mol. The minimum Gasteiger partial charge on any atom is -0.277 e. The van der Waals surface area contributed by atoms with Crippen LogP contribution in [-0.4, -0.2) is 47.0 Å². The lowest BCUT2D eigenvalue weighted by Gasteiger charge is -2.26. The molecule has 0 saturated carbocycles. The number of imide groups is 2. The SMILES string of the molecule is CCN1C(=O)c2ccc(Cc3ccc(C(C)(C)c4ccc(Cc5ccc6c(c5)C(=O)N(C)C6=O)cc4)cc3)cc2C1=O. The second-order valence-corrected chi connectivity index (χ2v) is 11.7. The standard InChI is InChI=1S/C36H32N2O4/c1-5-38-34(41)29-17-11-25(21-31(29)35(38)42)19-23-8-14-27(15-9-23)36(2,3)26-12-6-22(7-13-26)18-24-10-16-28-30(20-24)33(40)37(4)32(28)39/h6-17,20-21H,5,18-19H2,1-4H3. The van der Waals surface area contributed by atoms with Gasteiger partial charge < -0.3 is 0 Å². The Kier molecular flexibility index (Phi) is 6.65. The van der Waals surface area contributed by atoms with Crippen LogP contribution < -0.4 is 0 Å². The Morgan fingerprint density at radius 1 is 0.524 bits per heavy atom. The van der Waals surface area contributed by atoms with Crippen molar-refractivity contribution < 1.29 is 19.2 Å². The highest BCUT2D eigenvalue weighted by Gasteiger charge is 2.35. The Bertz CT molecular complexity index is 1770. The summed E-state index contributed by atoms with van der Waals surface area (Å²) in [4.78, 5) is 52.0. The second-order valence-electron chi connectivity index (χ2n) is 11.7. The minimum atomic E-state index is -0.248. The summed E-state index contributed by atoms with van der Waals surface area (Å²) in [7, 11) is 1.51. The Morgan fingerprint density at radius 3 is 1.38 bits per heavy atom. The van der Waals surface area contributed by atoms with Crippen LogP contribution in [0.2, 0.25) is 0 Å². The molecule has 0 spiro atoms. The number of nitrogens with zero attached hydrogens (tertiary/aromatic N) is 2. The zero-order chi connectivity index (χ0) is 29.8. The van der Waals surface area contributed by atoms with Crippen molar-refractivity contribution in [3.05, 3.63) is 141 Å². The third kappa shape index (κ3) is 4.53. The average molecular weight is 557 g/mol. The molecule has 2 aliphatic rings. The van der Waals surface area contributed by atoms with Gasteiger partial charge in [-0.1, -0.05) is 74.5 Å². The van der Waals surface area contributed by atoms with Gasteiger partial charge in [0.15, 0.2) is 0 Å². The number of carbonyl (C=O) groups is 4. The molecule has 0 fully saturated rings. The molecule has 6 heteroatoms. The van der Waals surface area contributed by atoms with Gasteiger partial charge >= 0.3 is 0 Å². The van der Waals surface area contributed by atoms with E-state index in [2.05, 4.69) is 62.4 Å². The van der Waals surface area contributed by atoms with Crippen molar-refractivity contribution in [2.24, 2.45) is 0 Å². The number of benzene rings is 4. The van der Waals surface area contributed by atoms with Crippen LogP contribution in [0.4, 0.5) is 0 Å². The number of fused-ring (bicyclic) bond motifs is 2. The molecule has 4 aromatic carbocycles. The van der Waals surface area contributed by atoms with Gasteiger partial charge in [-0.25, -0.2) is 0 Å². The van der Waals surface area contributed by atoms with Crippen LogP contribution in [0, 0.1) is 0 Å². The normalized spacial score (nSPS) is 14.6. The van der Waals surface area contributed by atoms with Gasteiger partial charge in [0.2, 0.25) is 0 Å². The second kappa shape index (κ2) is 10.2. The van der Waals surface area contributed by atoms with Gasteiger partial charge in [-0.2, -0.15) is 0 Å². The smallest absolute Gasteiger partial charge is 0.261 e. The van der Waals surface area contributed by atoms with Crippen molar-refractivity contribution in [1.82, 2.24) is 9.80 Å². The highest BCUT2D eigenvalue weighted by molar-refractivity contribution is 6.22. The summed E-state index contributed by atoms with van der Waals surface area (Å²) in [5, 5.41) is 0. The molecular formula is C36H32N2O4. The maximum Gasteiger partial charge on any atom is 0.261 e. The summed E-state index contributed by atoms with van der Waals surface area (Å²) in [5.41, 5.74) is 8.36. The third-order valence-electron chi connectivity index (χ3n) is 8.67. The molecule has 4 aromatic rings. The first-order chi connectivity index (χ1) is 20.1. The van der Waals surface area contributed by atoms with E-state index in [1.807, 2.05) is 31.2 Å². The number of rotatable bonds is 7. The summed E-state index contributed by atoms with van der Waals surface area (Å²) in [6, 6.07) is 28.2. The van der Waals surface area contributed by atoms with Crippen molar-refractivity contribution in [3.63, 3.8) is 0 Å². The molecule has 6 rings (SSSR count). The highest BCUT2D eigenvalue weighted by Crippen LogP contribution is 2.33. The number of carbonyl (C=O) groups excluding carboxylic acids is 4. The summed E-state index contributed by atoms with van der Waals surface area (Å²) < 4.78 is 0. The molecule has 0 unspecified atom stereocenters. The summed E-state index contributed by atoms with van der Waals surface area (Å²) in [6.07, 6.45) is 1.35. The summed E-state index contributed by atoms with van der Waals surface area (Å²) in [5.74, 6) is -0.924. The molecule has 0 saturated heterocycles. The molecule has 42 heavy (non-hydrogen) atoms. The van der Waals surface area contributed by atoms with Crippen LogP contribution in [0.3, 0.4) is 0 Å². The van der Waals surface area contributed by atoms with Crippen LogP contribution in [0.5, 0.6) is 0 Å². The lowest BCUT2D eigenvalue weighted by Crippen LogP contribution is -2.29. The molecule has 0 aromatic heterocycles. The molecule has 210 valence electrons. The highest BCUT2D eigenvalue weighted by atomic mass is 16.2. The van der Waals surface area contributed by atoms with Gasteiger partial charge in [0.1, 0.15) is 0 Å². The van der Waals surface area contributed by atoms with E-state index in [0.717, 1.165) is 27.2 Å². The largest absolute Gasteiger partial charge is 0.277 e. The van der Waals surface area contributed by atoms with E-state index >= 15 is 0 Å². The van der Waals surface area contributed by atoms with Gasteiger partial charge in [-0.15, -0.1) is 0 Å². The van der Waals surface area contributed by atoms with Crippen LogP contribution in [0.1, 0.15) is 95.6 Å². The van der Waals surface area contributed by atoms with E-state index in [-0.39, 0.29) is 29.0 Å². The predicted octanol–water partition coefficient (Wildman–Crippen LogP) is 6.04. The average Bonchev–Trinajstić information content (AvgIpc) is 3.36. The van der Waals surface area contributed by atoms with Crippen molar-refractivity contribution in [1.29, 1.82) is 0 Å². The number of amides is 4. The summed E-state index contributed by atoms with van der Waals surface area (Å²) >= 11 is 0. The molecule has 0 radical (unpaired) electrons. The molecule has 2 aliphatic heterocycles. The van der Waals surface area contributed by atoms with Crippen LogP contribution in [-0.2, 0) is 18.3 Å². The Morgan fingerprint density at radius 2 is 0.905 bits per heavy atom. The maximum atomic E-state index is 12.6. The summed E-state index contributed by atoms with van der Waals surface area (Å²) in [6.45, 7) is 6.60. The molecule has 6 nitrogen and oxygen atoms in total.